The van der Waals surface area contributed by atoms with Crippen LogP contribution in [0.4, 0.5) is 0 Å². The third-order valence-electron chi connectivity index (χ3n) is 7.23. The van der Waals surface area contributed by atoms with Crippen molar-refractivity contribution in [3.05, 3.63) is 54.2 Å². The highest BCUT2D eigenvalue weighted by Gasteiger charge is 2.37. The van der Waals surface area contributed by atoms with E-state index in [1.165, 1.54) is 0 Å². The summed E-state index contributed by atoms with van der Waals surface area (Å²) < 4.78 is 38.4. The van der Waals surface area contributed by atoms with Crippen molar-refractivity contribution < 1.29 is 17.9 Å². The number of H-pyrrole nitrogens is 1. The second kappa shape index (κ2) is 11.7. The Bertz CT molecular complexity index is 1560. The van der Waals surface area contributed by atoms with Crippen LogP contribution in [-0.2, 0) is 14.6 Å². The van der Waals surface area contributed by atoms with Gasteiger partial charge < -0.3 is 19.4 Å². The van der Waals surface area contributed by atoms with Crippen molar-refractivity contribution in [3.8, 4) is 16.9 Å². The van der Waals surface area contributed by atoms with Gasteiger partial charge in [-0.2, -0.15) is 0 Å². The van der Waals surface area contributed by atoms with Crippen LogP contribution in [-0.4, -0.2) is 69.0 Å². The van der Waals surface area contributed by atoms with Crippen LogP contribution in [0.2, 0.25) is 0 Å². The number of pyridine rings is 1. The van der Waals surface area contributed by atoms with E-state index in [9.17, 15) is 8.42 Å². The molecular formula is C31H39N3O4S. The fraction of sp³-hybridized carbons (Fsp3) is 0.452. The van der Waals surface area contributed by atoms with Crippen molar-refractivity contribution in [2.75, 3.05) is 40.5 Å². The molecule has 2 heterocycles. The molecule has 1 atom stereocenters. The fourth-order valence-electron chi connectivity index (χ4n) is 5.11. The molecule has 208 valence electrons. The molecule has 5 rings (SSSR count). The van der Waals surface area contributed by atoms with E-state index >= 15 is 0 Å². The molecule has 0 saturated heterocycles. The van der Waals surface area contributed by atoms with Crippen LogP contribution in [0.3, 0.4) is 0 Å². The first kappa shape index (κ1) is 27.6. The van der Waals surface area contributed by atoms with Crippen LogP contribution in [0.1, 0.15) is 38.2 Å². The molecule has 7 nitrogen and oxygen atoms in total. The number of aromatic amines is 1. The van der Waals surface area contributed by atoms with Gasteiger partial charge in [-0.1, -0.05) is 25.5 Å². The van der Waals surface area contributed by atoms with Gasteiger partial charge in [0.2, 0.25) is 0 Å². The summed E-state index contributed by atoms with van der Waals surface area (Å²) in [6, 6.07) is 13.5. The van der Waals surface area contributed by atoms with Crippen LogP contribution < -0.4 is 4.74 Å². The second-order valence-electron chi connectivity index (χ2n) is 11.0. The van der Waals surface area contributed by atoms with E-state index < -0.39 is 9.84 Å². The lowest BCUT2D eigenvalue weighted by atomic mass is 9.99. The van der Waals surface area contributed by atoms with Crippen molar-refractivity contribution >= 4 is 31.8 Å². The molecule has 0 radical (unpaired) electrons. The number of nitrogens with one attached hydrogen (secondary N) is 1. The summed E-state index contributed by atoms with van der Waals surface area (Å²) in [5.41, 5.74) is 4.53. The molecule has 8 heteroatoms. The molecule has 1 saturated carbocycles. The van der Waals surface area contributed by atoms with E-state index in [1.807, 2.05) is 43.5 Å². The third kappa shape index (κ3) is 6.13. The number of aromatic nitrogens is 2. The quantitative estimate of drug-likeness (QED) is 0.206. The molecule has 4 aromatic rings. The van der Waals surface area contributed by atoms with Crippen molar-refractivity contribution in [1.82, 2.24) is 14.9 Å². The van der Waals surface area contributed by atoms with E-state index in [1.54, 1.807) is 6.07 Å². The Morgan fingerprint density at radius 1 is 1.13 bits per heavy atom. The number of hydrogen-bond donors (Lipinski definition) is 1. The van der Waals surface area contributed by atoms with Gasteiger partial charge in [-0.05, 0) is 87.3 Å². The lowest BCUT2D eigenvalue weighted by molar-refractivity contribution is 0.0656. The summed E-state index contributed by atoms with van der Waals surface area (Å²) in [5, 5.41) is 1.74. The molecular weight excluding hydrogens is 510 g/mol. The Hall–Kier alpha value is -2.94. The van der Waals surface area contributed by atoms with Gasteiger partial charge in [0.05, 0.1) is 28.9 Å². The third-order valence-corrected chi connectivity index (χ3v) is 9.49. The van der Waals surface area contributed by atoms with Gasteiger partial charge in [0.15, 0.2) is 9.84 Å². The smallest absolute Gasteiger partial charge is 0.181 e. The zero-order chi connectivity index (χ0) is 27.6. The predicted molar refractivity (Wildman–Crippen MR) is 157 cm³/mol. The molecule has 0 unspecified atom stereocenters. The van der Waals surface area contributed by atoms with Crippen LogP contribution >= 0.6 is 0 Å². The molecule has 0 aliphatic heterocycles. The number of fused-ring (bicyclic) bond motifs is 3. The number of aryl methyl sites for hydroxylation is 1. The number of benzene rings is 2. The Kier molecular flexibility index (Phi) is 8.26. The highest BCUT2D eigenvalue weighted by atomic mass is 32.2. The van der Waals surface area contributed by atoms with Crippen LogP contribution in [0.5, 0.6) is 5.75 Å². The van der Waals surface area contributed by atoms with Crippen molar-refractivity contribution in [2.24, 2.45) is 5.92 Å². The van der Waals surface area contributed by atoms with E-state index in [0.29, 0.717) is 18.1 Å². The van der Waals surface area contributed by atoms with Gasteiger partial charge in [-0.3, -0.25) is 0 Å². The van der Waals surface area contributed by atoms with Crippen molar-refractivity contribution in [3.63, 3.8) is 0 Å². The Labute approximate surface area is 231 Å². The lowest BCUT2D eigenvalue weighted by Crippen LogP contribution is -2.30. The number of sulfone groups is 1. The number of hydrogen-bond acceptors (Lipinski definition) is 6. The molecule has 1 N–H and O–H groups in total. The first-order valence-corrected chi connectivity index (χ1v) is 15.4. The van der Waals surface area contributed by atoms with Gasteiger partial charge in [0.25, 0.3) is 0 Å². The minimum Gasteiger partial charge on any atom is -0.491 e. The largest absolute Gasteiger partial charge is 0.491 e. The van der Waals surface area contributed by atoms with Crippen molar-refractivity contribution in [2.45, 2.75) is 49.7 Å². The standard InChI is InChI=1S/C31H39N3O4S/c1-5-6-14-37-19-22(18-34(3)4)20-38-28-13-12-26(29-27-15-21(2)17-32-31(27)33-30(28)29)23-8-7-9-25(16-23)39(35,36)24-10-11-24/h7-9,12-13,15-17,22,24H,5-6,10-11,14,18-20H2,1-4H3,(H,32,33)/t22-/m0/s1. The minimum atomic E-state index is -3.29. The molecule has 1 aliphatic rings. The minimum absolute atomic E-state index is 0.223. The topological polar surface area (TPSA) is 84.5 Å². The maximum Gasteiger partial charge on any atom is 0.181 e. The first-order valence-electron chi connectivity index (χ1n) is 13.9. The van der Waals surface area contributed by atoms with E-state index in [2.05, 4.69) is 42.0 Å². The second-order valence-corrected chi connectivity index (χ2v) is 13.3. The number of nitrogens with zero attached hydrogens (tertiary/aromatic N) is 2. The molecule has 1 fully saturated rings. The predicted octanol–water partition coefficient (Wildman–Crippen LogP) is 6.00. The summed E-state index contributed by atoms with van der Waals surface area (Å²) in [6.07, 6.45) is 5.51. The summed E-state index contributed by atoms with van der Waals surface area (Å²) >= 11 is 0. The Morgan fingerprint density at radius 2 is 1.95 bits per heavy atom. The van der Waals surface area contributed by atoms with E-state index in [4.69, 9.17) is 9.47 Å². The van der Waals surface area contributed by atoms with Crippen LogP contribution in [0.15, 0.2) is 53.6 Å². The van der Waals surface area contributed by atoms with Gasteiger partial charge in [-0.15, -0.1) is 0 Å². The Morgan fingerprint density at radius 3 is 2.69 bits per heavy atom. The molecule has 2 aromatic carbocycles. The van der Waals surface area contributed by atoms with Gasteiger partial charge in [0, 0.05) is 36.0 Å². The van der Waals surface area contributed by atoms with E-state index in [0.717, 1.165) is 83.2 Å². The highest BCUT2D eigenvalue weighted by Crippen LogP contribution is 2.41. The molecule has 1 aliphatic carbocycles. The molecule has 0 spiro atoms. The van der Waals surface area contributed by atoms with Crippen molar-refractivity contribution in [1.29, 1.82) is 0 Å². The average molecular weight is 550 g/mol. The lowest BCUT2D eigenvalue weighted by Gasteiger charge is -2.22. The summed E-state index contributed by atoms with van der Waals surface area (Å²) in [5.74, 6) is 0.976. The van der Waals surface area contributed by atoms with E-state index in [-0.39, 0.29) is 11.2 Å². The van der Waals surface area contributed by atoms with Gasteiger partial charge in [0.1, 0.15) is 11.4 Å². The first-order chi connectivity index (χ1) is 18.8. The molecule has 0 amide bonds. The summed E-state index contributed by atoms with van der Waals surface area (Å²) in [7, 11) is 0.836. The van der Waals surface area contributed by atoms with Crippen LogP contribution in [0.25, 0.3) is 33.1 Å². The van der Waals surface area contributed by atoms with Gasteiger partial charge in [-0.25, -0.2) is 13.4 Å². The SMILES string of the molecule is CCCCOC[C@@H](COc1ccc(-c2cccc(S(=O)(=O)C3CC3)c2)c2c1[nH]c1ncc(C)cc12)CN(C)C. The molecule has 0 bridgehead atoms. The Balaban J connectivity index is 1.52. The number of rotatable bonds is 13. The average Bonchev–Trinajstić information content (AvgIpc) is 3.71. The molecule has 39 heavy (non-hydrogen) atoms. The number of unbranched alkanes of at least 4 members (excludes halogenated alkanes) is 1. The maximum absolute atomic E-state index is 13.0. The zero-order valence-corrected chi connectivity index (χ0v) is 24.2. The normalized spacial score (nSPS) is 14.9. The fourth-order valence-corrected chi connectivity index (χ4v) is 6.81. The summed E-state index contributed by atoms with van der Waals surface area (Å²) in [4.78, 5) is 10.7. The van der Waals surface area contributed by atoms with Crippen LogP contribution in [0, 0.1) is 12.8 Å². The zero-order valence-electron chi connectivity index (χ0n) is 23.4. The maximum atomic E-state index is 13.0. The number of ether oxygens (including phenoxy) is 2. The highest BCUT2D eigenvalue weighted by molar-refractivity contribution is 7.92. The summed E-state index contributed by atoms with van der Waals surface area (Å²) in [6.45, 7) is 6.99. The molecule has 2 aromatic heterocycles. The van der Waals surface area contributed by atoms with Gasteiger partial charge >= 0.3 is 0 Å². The monoisotopic (exact) mass is 549 g/mol.